The molecule has 0 aliphatic carbocycles. The fourth-order valence-corrected chi connectivity index (χ4v) is 3.92. The molecule has 182 valence electrons. The molecule has 0 saturated carbocycles. The van der Waals surface area contributed by atoms with Crippen LogP contribution < -0.4 is 9.47 Å². The Bertz CT molecular complexity index is 1230. The highest BCUT2D eigenvalue weighted by Crippen LogP contribution is 2.32. The van der Waals surface area contributed by atoms with Crippen LogP contribution in [0.1, 0.15) is 31.7 Å². The molecule has 2 aromatic carbocycles. The molecule has 0 N–H and O–H groups in total. The summed E-state index contributed by atoms with van der Waals surface area (Å²) in [7, 11) is 0. The molecule has 6 nitrogen and oxygen atoms in total. The molecule has 0 radical (unpaired) electrons. The van der Waals surface area contributed by atoms with Crippen molar-refractivity contribution in [2.75, 3.05) is 6.61 Å². The number of benzene rings is 2. The minimum Gasteiger partial charge on any atom is -0.483 e. The summed E-state index contributed by atoms with van der Waals surface area (Å²) in [6, 6.07) is 14.9. The third-order valence-corrected chi connectivity index (χ3v) is 5.77. The molecule has 1 saturated heterocycles. The topological polar surface area (TPSA) is 81.4 Å². The maximum absolute atomic E-state index is 12.9. The number of fused-ring (bicyclic) bond motifs is 1. The molecule has 0 amide bonds. The Balaban J connectivity index is 1.37. The van der Waals surface area contributed by atoms with E-state index in [1.807, 2.05) is 0 Å². The molecule has 3 aromatic rings. The fraction of sp³-hybridized carbons (Fsp3) is 0.346. The average molecular weight is 484 g/mol. The predicted molar refractivity (Wildman–Crippen MR) is 121 cm³/mol. The number of nitrogens with zero attached hydrogens (tertiary/aromatic N) is 2. The molecular formula is C26H23F3N2O4. The number of ether oxygens (including phenoxy) is 3. The van der Waals surface area contributed by atoms with Gasteiger partial charge < -0.3 is 14.2 Å². The molecule has 1 aliphatic heterocycles. The number of rotatable bonds is 8. The number of carbonyl (C=O) groups excluding carboxylic acids is 1. The van der Waals surface area contributed by atoms with Crippen LogP contribution in [0.15, 0.2) is 54.6 Å². The number of alkyl halides is 3. The fourth-order valence-electron chi connectivity index (χ4n) is 3.92. The van der Waals surface area contributed by atoms with Gasteiger partial charge in [-0.05, 0) is 74.7 Å². The number of hydrogen-bond acceptors (Lipinski definition) is 6. The standard InChI is InChI=1S/C26H23F3N2O4/c1-16(25(32)18(15-30)14-22-3-2-12-33-22)34-20-6-8-21(9-7-20)35-24-11-4-17-13-19(26(27,28)29)5-10-23(17)31-24/h4-11,13,16,18,22H,2-3,12,14H2,1H3. The highest BCUT2D eigenvalue weighted by Gasteiger charge is 2.31. The van der Waals surface area contributed by atoms with Crippen molar-refractivity contribution in [1.82, 2.24) is 4.98 Å². The van der Waals surface area contributed by atoms with Crippen LogP contribution in [0, 0.1) is 17.2 Å². The van der Waals surface area contributed by atoms with E-state index < -0.39 is 23.8 Å². The smallest absolute Gasteiger partial charge is 0.416 e. The number of ketones is 1. The van der Waals surface area contributed by atoms with Crippen LogP contribution in [0.4, 0.5) is 13.2 Å². The maximum atomic E-state index is 12.9. The molecule has 1 fully saturated rings. The molecule has 1 aliphatic rings. The molecule has 0 spiro atoms. The Hall–Kier alpha value is -3.64. The summed E-state index contributed by atoms with van der Waals surface area (Å²) >= 11 is 0. The van der Waals surface area contributed by atoms with Gasteiger partial charge in [0.25, 0.3) is 0 Å². The molecule has 3 atom stereocenters. The zero-order valence-corrected chi connectivity index (χ0v) is 18.9. The largest absolute Gasteiger partial charge is 0.483 e. The Kier molecular flexibility index (Phi) is 7.22. The summed E-state index contributed by atoms with van der Waals surface area (Å²) in [6.45, 7) is 2.26. The average Bonchev–Trinajstić information content (AvgIpc) is 3.35. The summed E-state index contributed by atoms with van der Waals surface area (Å²) in [5.41, 5.74) is -0.366. The minimum absolute atomic E-state index is 0.0670. The van der Waals surface area contributed by atoms with E-state index in [1.165, 1.54) is 18.2 Å². The highest BCUT2D eigenvalue weighted by atomic mass is 19.4. The van der Waals surface area contributed by atoms with Crippen LogP contribution >= 0.6 is 0 Å². The predicted octanol–water partition coefficient (Wildman–Crippen LogP) is 6.09. The van der Waals surface area contributed by atoms with E-state index in [9.17, 15) is 23.2 Å². The molecule has 1 aromatic heterocycles. The number of pyridine rings is 1. The first-order valence-corrected chi connectivity index (χ1v) is 11.2. The summed E-state index contributed by atoms with van der Waals surface area (Å²) in [6.07, 6.45) is -3.14. The van der Waals surface area contributed by atoms with Gasteiger partial charge in [0.1, 0.15) is 17.4 Å². The van der Waals surface area contributed by atoms with E-state index in [1.54, 1.807) is 31.2 Å². The monoisotopic (exact) mass is 484 g/mol. The highest BCUT2D eigenvalue weighted by molar-refractivity contribution is 5.87. The van der Waals surface area contributed by atoms with E-state index >= 15 is 0 Å². The first kappa shape index (κ1) is 24.5. The van der Waals surface area contributed by atoms with Gasteiger partial charge >= 0.3 is 6.18 Å². The van der Waals surface area contributed by atoms with Crippen LogP contribution in [0.5, 0.6) is 17.4 Å². The maximum Gasteiger partial charge on any atom is 0.416 e. The van der Waals surface area contributed by atoms with E-state index in [-0.39, 0.29) is 17.8 Å². The molecule has 9 heteroatoms. The van der Waals surface area contributed by atoms with Gasteiger partial charge in [-0.25, -0.2) is 4.98 Å². The van der Waals surface area contributed by atoms with Gasteiger partial charge in [0, 0.05) is 18.1 Å². The third-order valence-electron chi connectivity index (χ3n) is 5.77. The van der Waals surface area contributed by atoms with Crippen molar-refractivity contribution in [3.63, 3.8) is 0 Å². The molecule has 3 unspecified atom stereocenters. The van der Waals surface area contributed by atoms with Gasteiger partial charge in [0.2, 0.25) is 5.88 Å². The zero-order valence-electron chi connectivity index (χ0n) is 18.9. The number of carbonyl (C=O) groups is 1. The Morgan fingerprint density at radius 1 is 1.17 bits per heavy atom. The summed E-state index contributed by atoms with van der Waals surface area (Å²) in [5, 5.41) is 9.76. The van der Waals surface area contributed by atoms with Crippen molar-refractivity contribution >= 4 is 16.7 Å². The lowest BCUT2D eigenvalue weighted by Crippen LogP contribution is -2.31. The van der Waals surface area contributed by atoms with Gasteiger partial charge in [-0.1, -0.05) is 0 Å². The van der Waals surface area contributed by atoms with Crippen LogP contribution in [-0.2, 0) is 15.7 Å². The van der Waals surface area contributed by atoms with Crippen molar-refractivity contribution in [3.8, 4) is 23.4 Å². The van der Waals surface area contributed by atoms with Gasteiger partial charge in [-0.15, -0.1) is 0 Å². The lowest BCUT2D eigenvalue weighted by Gasteiger charge is -2.18. The molecular weight excluding hydrogens is 461 g/mol. The Morgan fingerprint density at radius 3 is 2.57 bits per heavy atom. The zero-order chi connectivity index (χ0) is 25.0. The van der Waals surface area contributed by atoms with Gasteiger partial charge in [0.15, 0.2) is 11.9 Å². The van der Waals surface area contributed by atoms with E-state index in [4.69, 9.17) is 14.2 Å². The second-order valence-electron chi connectivity index (χ2n) is 8.34. The van der Waals surface area contributed by atoms with Crippen molar-refractivity contribution in [2.24, 2.45) is 5.92 Å². The van der Waals surface area contributed by atoms with Crippen molar-refractivity contribution in [1.29, 1.82) is 5.26 Å². The Labute approximate surface area is 200 Å². The van der Waals surface area contributed by atoms with Gasteiger partial charge in [-0.3, -0.25) is 4.79 Å². The summed E-state index contributed by atoms with van der Waals surface area (Å²) in [5.74, 6) is 0.00117. The van der Waals surface area contributed by atoms with E-state index in [0.29, 0.717) is 35.4 Å². The van der Waals surface area contributed by atoms with Crippen molar-refractivity contribution < 1.29 is 32.2 Å². The number of nitriles is 1. The number of Topliss-reactive ketones (excluding diaryl/α,β-unsaturated/α-hetero) is 1. The SMILES string of the molecule is CC(Oc1ccc(Oc2ccc3cc(C(F)(F)F)ccc3n2)cc1)C(=O)C(C#N)CC1CCCO1. The number of halogens is 3. The van der Waals surface area contributed by atoms with Crippen LogP contribution in [-0.4, -0.2) is 29.6 Å². The van der Waals surface area contributed by atoms with Crippen LogP contribution in [0.2, 0.25) is 0 Å². The van der Waals surface area contributed by atoms with Crippen molar-refractivity contribution in [3.05, 3.63) is 60.2 Å². The summed E-state index contributed by atoms with van der Waals surface area (Å²) < 4.78 is 55.6. The lowest BCUT2D eigenvalue weighted by molar-refractivity contribution is -0.137. The molecule has 4 rings (SSSR count). The molecule has 35 heavy (non-hydrogen) atoms. The van der Waals surface area contributed by atoms with Crippen LogP contribution in [0.25, 0.3) is 10.9 Å². The lowest BCUT2D eigenvalue weighted by atomic mass is 9.94. The van der Waals surface area contributed by atoms with E-state index in [0.717, 1.165) is 25.0 Å². The first-order chi connectivity index (χ1) is 16.7. The Morgan fingerprint density at radius 2 is 1.91 bits per heavy atom. The van der Waals surface area contributed by atoms with Crippen LogP contribution in [0.3, 0.4) is 0 Å². The van der Waals surface area contributed by atoms with Gasteiger partial charge in [-0.2, -0.15) is 18.4 Å². The van der Waals surface area contributed by atoms with E-state index in [2.05, 4.69) is 11.1 Å². The third kappa shape index (κ3) is 6.08. The van der Waals surface area contributed by atoms with Gasteiger partial charge in [0.05, 0.1) is 23.3 Å². The summed E-state index contributed by atoms with van der Waals surface area (Å²) in [4.78, 5) is 16.9. The first-order valence-electron chi connectivity index (χ1n) is 11.2. The number of hydrogen-bond donors (Lipinski definition) is 0. The second-order valence-corrected chi connectivity index (χ2v) is 8.34. The minimum atomic E-state index is -4.42. The molecule has 0 bridgehead atoms. The quantitative estimate of drug-likeness (QED) is 0.385. The number of aromatic nitrogens is 1. The second kappa shape index (κ2) is 10.3. The van der Waals surface area contributed by atoms with Crippen molar-refractivity contribution in [2.45, 2.75) is 44.6 Å². The normalized spacial score (nSPS) is 17.5. The molecule has 2 heterocycles.